The van der Waals surface area contributed by atoms with Crippen LogP contribution in [0.4, 0.5) is 0 Å². The number of carbonyl (C=O) groups is 1. The molecule has 1 heterocycles. The van der Waals surface area contributed by atoms with Gasteiger partial charge in [-0.05, 0) is 31.5 Å². The van der Waals surface area contributed by atoms with Gasteiger partial charge in [0.1, 0.15) is 0 Å². The van der Waals surface area contributed by atoms with Crippen LogP contribution in [0.2, 0.25) is 0 Å². The summed E-state index contributed by atoms with van der Waals surface area (Å²) in [7, 11) is 0. The van der Waals surface area contributed by atoms with Crippen LogP contribution in [-0.4, -0.2) is 30.8 Å². The van der Waals surface area contributed by atoms with E-state index in [9.17, 15) is 4.79 Å². The van der Waals surface area contributed by atoms with Crippen molar-refractivity contribution >= 4 is 17.7 Å². The Hall–Kier alpha value is -1.00. The minimum Gasteiger partial charge on any atom is -0.354 e. The first-order chi connectivity index (χ1) is 8.36. The van der Waals surface area contributed by atoms with E-state index in [0.29, 0.717) is 0 Å². The molecule has 92 valence electrons. The topological polar surface area (TPSA) is 41.1 Å². The second kappa shape index (κ2) is 6.67. The van der Waals surface area contributed by atoms with Crippen LogP contribution in [0.25, 0.3) is 0 Å². The first-order valence-electron chi connectivity index (χ1n) is 6.05. The number of amides is 1. The fourth-order valence-electron chi connectivity index (χ4n) is 1.89. The highest BCUT2D eigenvalue weighted by molar-refractivity contribution is 7.99. The van der Waals surface area contributed by atoms with Crippen LogP contribution in [0.3, 0.4) is 0 Å². The predicted octanol–water partition coefficient (Wildman–Crippen LogP) is 1.65. The highest BCUT2D eigenvalue weighted by Crippen LogP contribution is 2.15. The van der Waals surface area contributed by atoms with Crippen LogP contribution >= 0.6 is 11.8 Å². The van der Waals surface area contributed by atoms with E-state index in [1.54, 1.807) is 11.8 Å². The van der Waals surface area contributed by atoms with Crippen LogP contribution in [0.5, 0.6) is 0 Å². The molecule has 0 aromatic heterocycles. The summed E-state index contributed by atoms with van der Waals surface area (Å²) in [5.74, 6) is 1.07. The summed E-state index contributed by atoms with van der Waals surface area (Å²) in [4.78, 5) is 12.9. The van der Waals surface area contributed by atoms with Crippen LogP contribution in [0.15, 0.2) is 35.2 Å². The molecule has 1 aromatic rings. The second-order valence-electron chi connectivity index (χ2n) is 4.10. The monoisotopic (exact) mass is 250 g/mol. The van der Waals surface area contributed by atoms with Crippen LogP contribution < -0.4 is 10.6 Å². The van der Waals surface area contributed by atoms with Gasteiger partial charge in [-0.1, -0.05) is 18.2 Å². The number of hydrogen-bond acceptors (Lipinski definition) is 3. The van der Waals surface area contributed by atoms with Gasteiger partial charge in [0, 0.05) is 17.2 Å². The van der Waals surface area contributed by atoms with Crippen molar-refractivity contribution < 1.29 is 4.79 Å². The smallest absolute Gasteiger partial charge is 0.237 e. The molecule has 0 spiro atoms. The van der Waals surface area contributed by atoms with E-state index in [1.807, 2.05) is 18.2 Å². The Morgan fingerprint density at radius 2 is 2.24 bits per heavy atom. The van der Waals surface area contributed by atoms with E-state index in [4.69, 9.17) is 0 Å². The fourth-order valence-corrected chi connectivity index (χ4v) is 2.68. The summed E-state index contributed by atoms with van der Waals surface area (Å²) in [6.07, 6.45) is 2.08. The van der Waals surface area contributed by atoms with Crippen molar-refractivity contribution in [3.8, 4) is 0 Å². The fraction of sp³-hybridized carbons (Fsp3) is 0.462. The number of hydrogen-bond donors (Lipinski definition) is 2. The molecule has 1 aromatic carbocycles. The molecule has 0 aliphatic carbocycles. The molecule has 0 bridgehead atoms. The minimum atomic E-state index is 0.0386. The van der Waals surface area contributed by atoms with Gasteiger partial charge in [-0.3, -0.25) is 4.79 Å². The largest absolute Gasteiger partial charge is 0.354 e. The molecule has 2 N–H and O–H groups in total. The van der Waals surface area contributed by atoms with Crippen molar-refractivity contribution in [3.63, 3.8) is 0 Å². The number of carbonyl (C=O) groups excluding carboxylic acids is 1. The van der Waals surface area contributed by atoms with Crippen molar-refractivity contribution in [2.75, 3.05) is 18.8 Å². The van der Waals surface area contributed by atoms with Gasteiger partial charge in [0.15, 0.2) is 0 Å². The summed E-state index contributed by atoms with van der Waals surface area (Å²) in [6.45, 7) is 1.70. The zero-order valence-electron chi connectivity index (χ0n) is 9.82. The first kappa shape index (κ1) is 12.5. The summed E-state index contributed by atoms with van der Waals surface area (Å²) >= 11 is 1.77. The molecular weight excluding hydrogens is 232 g/mol. The Kier molecular flexibility index (Phi) is 4.88. The number of benzene rings is 1. The normalized spacial score (nSPS) is 19.2. The summed E-state index contributed by atoms with van der Waals surface area (Å²) in [5, 5.41) is 6.17. The third-order valence-electron chi connectivity index (χ3n) is 2.79. The maximum absolute atomic E-state index is 11.7. The van der Waals surface area contributed by atoms with Crippen molar-refractivity contribution in [3.05, 3.63) is 30.3 Å². The first-order valence-corrected chi connectivity index (χ1v) is 7.04. The Labute approximate surface area is 106 Å². The lowest BCUT2D eigenvalue weighted by Crippen LogP contribution is -2.41. The van der Waals surface area contributed by atoms with Crippen molar-refractivity contribution in [1.82, 2.24) is 10.6 Å². The van der Waals surface area contributed by atoms with Gasteiger partial charge in [0.2, 0.25) is 5.91 Å². The summed E-state index contributed by atoms with van der Waals surface area (Å²) < 4.78 is 0. The standard InChI is InChI=1S/C13H18N2OS/c16-13(12-7-4-8-14-12)15-9-10-17-11-5-2-1-3-6-11/h1-3,5-6,12,14H,4,7-10H2,(H,15,16)/t12-/m0/s1. The molecule has 1 aliphatic heterocycles. The lowest BCUT2D eigenvalue weighted by molar-refractivity contribution is -0.122. The van der Waals surface area contributed by atoms with Crippen molar-refractivity contribution in [2.24, 2.45) is 0 Å². The number of rotatable bonds is 5. The lowest BCUT2D eigenvalue weighted by atomic mass is 10.2. The molecule has 0 saturated carbocycles. The van der Waals surface area contributed by atoms with Crippen LogP contribution in [0, 0.1) is 0 Å². The van der Waals surface area contributed by atoms with Crippen molar-refractivity contribution in [2.45, 2.75) is 23.8 Å². The van der Waals surface area contributed by atoms with Gasteiger partial charge in [-0.2, -0.15) is 0 Å². The minimum absolute atomic E-state index is 0.0386. The number of nitrogens with one attached hydrogen (secondary N) is 2. The molecule has 1 atom stereocenters. The molecule has 1 fully saturated rings. The van der Waals surface area contributed by atoms with E-state index in [2.05, 4.69) is 22.8 Å². The lowest BCUT2D eigenvalue weighted by Gasteiger charge is -2.10. The van der Waals surface area contributed by atoms with Gasteiger partial charge < -0.3 is 10.6 Å². The van der Waals surface area contributed by atoms with Gasteiger partial charge in [0.05, 0.1) is 6.04 Å². The van der Waals surface area contributed by atoms with Gasteiger partial charge in [-0.25, -0.2) is 0 Å². The molecule has 0 radical (unpaired) electrons. The quantitative estimate of drug-likeness (QED) is 0.617. The van der Waals surface area contributed by atoms with Gasteiger partial charge >= 0.3 is 0 Å². The molecule has 17 heavy (non-hydrogen) atoms. The highest BCUT2D eigenvalue weighted by atomic mass is 32.2. The molecule has 4 heteroatoms. The van der Waals surface area contributed by atoms with Gasteiger partial charge in [0.25, 0.3) is 0 Å². The molecular formula is C13H18N2OS. The van der Waals surface area contributed by atoms with E-state index < -0.39 is 0 Å². The zero-order chi connectivity index (χ0) is 11.9. The maximum Gasteiger partial charge on any atom is 0.237 e. The predicted molar refractivity (Wildman–Crippen MR) is 71.2 cm³/mol. The Morgan fingerprint density at radius 3 is 2.94 bits per heavy atom. The Morgan fingerprint density at radius 1 is 1.41 bits per heavy atom. The SMILES string of the molecule is O=C(NCCSc1ccccc1)[C@@H]1CCCN1. The molecule has 3 nitrogen and oxygen atoms in total. The van der Waals surface area contributed by atoms with E-state index in [1.165, 1.54) is 4.90 Å². The molecule has 2 rings (SSSR count). The Balaban J connectivity index is 1.61. The average molecular weight is 250 g/mol. The van der Waals surface area contributed by atoms with Crippen LogP contribution in [-0.2, 0) is 4.79 Å². The third-order valence-corrected chi connectivity index (χ3v) is 3.80. The van der Waals surface area contributed by atoms with E-state index >= 15 is 0 Å². The van der Waals surface area contributed by atoms with Crippen LogP contribution in [0.1, 0.15) is 12.8 Å². The Bertz CT molecular complexity index is 350. The van der Waals surface area contributed by atoms with Crippen molar-refractivity contribution in [1.29, 1.82) is 0 Å². The maximum atomic E-state index is 11.7. The second-order valence-corrected chi connectivity index (χ2v) is 5.27. The molecule has 1 saturated heterocycles. The zero-order valence-corrected chi connectivity index (χ0v) is 10.6. The summed E-state index contributed by atoms with van der Waals surface area (Å²) in [6, 6.07) is 10.3. The highest BCUT2D eigenvalue weighted by Gasteiger charge is 2.20. The third kappa shape index (κ3) is 4.06. The van der Waals surface area contributed by atoms with E-state index in [-0.39, 0.29) is 11.9 Å². The average Bonchev–Trinajstić information content (AvgIpc) is 2.89. The molecule has 0 unspecified atom stereocenters. The van der Waals surface area contributed by atoms with E-state index in [0.717, 1.165) is 31.7 Å². The number of thioether (sulfide) groups is 1. The molecule has 1 amide bonds. The van der Waals surface area contributed by atoms with Gasteiger partial charge in [-0.15, -0.1) is 11.8 Å². The summed E-state index contributed by atoms with van der Waals surface area (Å²) in [5.41, 5.74) is 0. The molecule has 1 aliphatic rings.